The molecule has 1 aliphatic rings. The van der Waals surface area contributed by atoms with Crippen molar-refractivity contribution in [1.29, 1.82) is 0 Å². The number of hydrogen-bond acceptors (Lipinski definition) is 10. The molecule has 0 aliphatic carbocycles. The molecule has 50 heavy (non-hydrogen) atoms. The van der Waals surface area contributed by atoms with Crippen LogP contribution in [0.1, 0.15) is 58.6 Å². The molecule has 3 aromatic heterocycles. The van der Waals surface area contributed by atoms with E-state index >= 15 is 0 Å². The van der Waals surface area contributed by atoms with Gasteiger partial charge in [0.15, 0.2) is 20.4 Å². The number of nitrogens with two attached hydrogens (primary N) is 1. The zero-order valence-corrected chi connectivity index (χ0v) is 33.9. The van der Waals surface area contributed by atoms with Gasteiger partial charge in [-0.15, -0.1) is 0 Å². The molecule has 5 aromatic rings. The highest BCUT2D eigenvalue weighted by Gasteiger charge is 2.27. The fourth-order valence-electron chi connectivity index (χ4n) is 4.86. The monoisotopic (exact) mass is 849 g/mol. The van der Waals surface area contributed by atoms with E-state index < -0.39 is 14.3 Å². The van der Waals surface area contributed by atoms with Gasteiger partial charge in [0.25, 0.3) is 0 Å². The first-order valence-electron chi connectivity index (χ1n) is 15.7. The smallest absolute Gasteiger partial charge is 0.194 e. The van der Waals surface area contributed by atoms with Crippen molar-refractivity contribution in [3.05, 3.63) is 75.4 Å². The second-order valence-electron chi connectivity index (χ2n) is 13.1. The number of nitrogen functional groups attached to an aromatic ring is 1. The van der Waals surface area contributed by atoms with Crippen LogP contribution in [-0.4, -0.2) is 62.4 Å². The Balaban J connectivity index is 0.000000221. The molecular weight excluding hydrogens is 803 g/mol. The van der Waals surface area contributed by atoms with Crippen LogP contribution in [0.15, 0.2) is 59.9 Å². The largest absolute Gasteiger partial charge is 0.399 e. The molecule has 11 nitrogen and oxygen atoms in total. The molecule has 0 radical (unpaired) electrons. The lowest BCUT2D eigenvalue weighted by atomic mass is 9.94. The molecule has 6 rings (SSSR count). The lowest BCUT2D eigenvalue weighted by molar-refractivity contribution is 0.587. The van der Waals surface area contributed by atoms with Crippen molar-refractivity contribution < 1.29 is 9.13 Å². The summed E-state index contributed by atoms with van der Waals surface area (Å²) < 4.78 is 26.2. The molecule has 0 bridgehead atoms. The van der Waals surface area contributed by atoms with Crippen molar-refractivity contribution in [3.63, 3.8) is 0 Å². The van der Waals surface area contributed by atoms with Crippen LogP contribution >= 0.6 is 48.5 Å². The number of rotatable bonds is 6. The first kappa shape index (κ1) is 41.2. The molecule has 0 amide bonds. The third-order valence-corrected chi connectivity index (χ3v) is 11.4. The van der Waals surface area contributed by atoms with Gasteiger partial charge in [-0.3, -0.25) is 4.99 Å². The SMILES string of the molecule is C.CC(C)n1cnc2c(Cl)nc(I)nc21.CP(C)(=O)c1ccc(N)cc1.Cc1nc(Nc2ccc(P(C)(C)=O)cc2)c2c(n1)C(C(C)C)C=N2. The Morgan fingerprint density at radius 3 is 1.96 bits per heavy atom. The lowest BCUT2D eigenvalue weighted by Crippen LogP contribution is -2.09. The Morgan fingerprint density at radius 2 is 1.44 bits per heavy atom. The molecule has 15 heteroatoms. The number of halogens is 2. The third-order valence-electron chi connectivity index (χ3n) is 7.60. The van der Waals surface area contributed by atoms with Gasteiger partial charge in [0.1, 0.15) is 31.3 Å². The topological polar surface area (TPSA) is 154 Å². The van der Waals surface area contributed by atoms with Crippen molar-refractivity contribution >= 4 is 99.3 Å². The van der Waals surface area contributed by atoms with Gasteiger partial charge in [-0.25, -0.2) is 24.9 Å². The molecule has 4 heterocycles. The predicted octanol–water partition coefficient (Wildman–Crippen LogP) is 9.05. The average molecular weight is 850 g/mol. The zero-order valence-electron chi connectivity index (χ0n) is 29.2. The van der Waals surface area contributed by atoms with Gasteiger partial charge in [-0.2, -0.15) is 0 Å². The minimum Gasteiger partial charge on any atom is -0.399 e. The number of imidazole rings is 1. The quantitative estimate of drug-likeness (QED) is 0.0560. The summed E-state index contributed by atoms with van der Waals surface area (Å²) in [5.41, 5.74) is 10.4. The molecule has 1 aliphatic heterocycles. The maximum absolute atomic E-state index is 12.1. The average Bonchev–Trinajstić information content (AvgIpc) is 3.63. The Labute approximate surface area is 314 Å². The van der Waals surface area contributed by atoms with Crippen molar-refractivity contribution in [2.45, 2.75) is 54.0 Å². The number of aryl methyl sites for hydroxylation is 1. The summed E-state index contributed by atoms with van der Waals surface area (Å²) in [6, 6.07) is 15.2. The lowest BCUT2D eigenvalue weighted by Gasteiger charge is -2.15. The standard InChI is InChI=1S/C18H23N4OP.C8H8ClIN4.C8H12NOP.CH4/c1-11(2)15-10-19-17-16(15)20-12(3)21-18(17)22-13-6-8-14(9-7-13)24(4,5)23;1-4(2)14-3-11-5-6(9)12-8(10)13-7(5)14;1-11(2,10)8-5-3-7(9)4-6-8;/h6-11,15H,1-5H3,(H,20,21,22);3-4H,1-2H3;3-6H,9H2,1-2H3;1H4. The van der Waals surface area contributed by atoms with Crippen molar-refractivity contribution in [2.24, 2.45) is 10.9 Å². The number of benzene rings is 2. The molecule has 268 valence electrons. The molecular formula is C35H47ClIN9O2P2. The molecule has 3 N–H and O–H groups in total. The predicted molar refractivity (Wildman–Crippen MR) is 221 cm³/mol. The van der Waals surface area contributed by atoms with E-state index in [1.54, 1.807) is 45.1 Å². The van der Waals surface area contributed by atoms with E-state index in [-0.39, 0.29) is 13.3 Å². The molecule has 0 saturated heterocycles. The maximum atomic E-state index is 12.1. The van der Waals surface area contributed by atoms with Crippen LogP contribution in [0.4, 0.5) is 22.9 Å². The van der Waals surface area contributed by atoms with Gasteiger partial charge in [-0.05, 0) is 102 Å². The minimum absolute atomic E-state index is 0. The van der Waals surface area contributed by atoms with Crippen LogP contribution in [0.25, 0.3) is 11.2 Å². The molecule has 2 aromatic carbocycles. The van der Waals surface area contributed by atoms with E-state index in [0.29, 0.717) is 32.1 Å². The van der Waals surface area contributed by atoms with Crippen LogP contribution in [0.5, 0.6) is 0 Å². The van der Waals surface area contributed by atoms with Crippen LogP contribution in [0.2, 0.25) is 5.15 Å². The normalized spacial score (nSPS) is 13.7. The summed E-state index contributed by atoms with van der Waals surface area (Å²) in [4.78, 5) is 26.2. The Bertz CT molecular complexity index is 2060. The first-order valence-corrected chi connectivity index (χ1v) is 22.3. The Kier molecular flexibility index (Phi) is 13.9. The number of aliphatic imine (C=N–C) groups is 1. The van der Waals surface area contributed by atoms with E-state index in [2.05, 4.69) is 62.9 Å². The second kappa shape index (κ2) is 16.9. The van der Waals surface area contributed by atoms with Crippen LogP contribution < -0.4 is 21.7 Å². The summed E-state index contributed by atoms with van der Waals surface area (Å²) in [6.07, 6.45) is 3.70. The van der Waals surface area contributed by atoms with Gasteiger partial charge >= 0.3 is 0 Å². The van der Waals surface area contributed by atoms with Crippen LogP contribution in [-0.2, 0) is 9.13 Å². The third kappa shape index (κ3) is 10.4. The summed E-state index contributed by atoms with van der Waals surface area (Å²) in [6.45, 7) is 17.4. The zero-order chi connectivity index (χ0) is 36.3. The van der Waals surface area contributed by atoms with Gasteiger partial charge in [-0.1, -0.05) is 32.9 Å². The van der Waals surface area contributed by atoms with E-state index in [1.807, 2.05) is 76.7 Å². The van der Waals surface area contributed by atoms with Crippen LogP contribution in [0.3, 0.4) is 0 Å². The number of nitrogens with one attached hydrogen (secondary N) is 1. The Hall–Kier alpha value is -3.18. The van der Waals surface area contributed by atoms with Crippen molar-refractivity contribution in [3.8, 4) is 0 Å². The maximum Gasteiger partial charge on any atom is 0.194 e. The number of nitrogens with zero attached hydrogens (tertiary/aromatic N) is 7. The second-order valence-corrected chi connectivity index (χ2v) is 20.8. The van der Waals surface area contributed by atoms with Crippen molar-refractivity contribution in [2.75, 3.05) is 37.7 Å². The van der Waals surface area contributed by atoms with Crippen molar-refractivity contribution in [1.82, 2.24) is 29.5 Å². The van der Waals surface area contributed by atoms with Gasteiger partial charge in [0.05, 0.1) is 12.0 Å². The first-order chi connectivity index (χ1) is 22.8. The molecule has 0 saturated carbocycles. The summed E-state index contributed by atoms with van der Waals surface area (Å²) >= 11 is 7.99. The fraction of sp³-hybridized carbons (Fsp3) is 0.371. The molecule has 1 unspecified atom stereocenters. The van der Waals surface area contributed by atoms with Gasteiger partial charge < -0.3 is 24.7 Å². The highest BCUT2D eigenvalue weighted by atomic mass is 127. The summed E-state index contributed by atoms with van der Waals surface area (Å²) in [7, 11) is -4.33. The van der Waals surface area contributed by atoms with E-state index in [4.69, 9.17) is 17.3 Å². The summed E-state index contributed by atoms with van der Waals surface area (Å²) in [5, 5.41) is 5.50. The molecule has 0 spiro atoms. The highest BCUT2D eigenvalue weighted by molar-refractivity contribution is 14.1. The molecule has 0 fully saturated rings. The molecule has 1 atom stereocenters. The van der Waals surface area contributed by atoms with Gasteiger partial charge in [0.2, 0.25) is 0 Å². The summed E-state index contributed by atoms with van der Waals surface area (Å²) in [5.74, 6) is 2.13. The van der Waals surface area contributed by atoms with E-state index in [0.717, 1.165) is 45.0 Å². The van der Waals surface area contributed by atoms with E-state index in [9.17, 15) is 9.13 Å². The van der Waals surface area contributed by atoms with Crippen LogP contribution in [0, 0.1) is 16.7 Å². The Morgan fingerprint density at radius 1 is 0.880 bits per heavy atom. The minimum atomic E-state index is -2.24. The number of fused-ring (bicyclic) bond motifs is 2. The number of hydrogen-bond donors (Lipinski definition) is 2. The van der Waals surface area contributed by atoms with Gasteiger partial charge in [0, 0.05) is 62.7 Å². The highest BCUT2D eigenvalue weighted by Crippen LogP contribution is 2.40. The van der Waals surface area contributed by atoms with E-state index in [1.165, 1.54) is 0 Å². The fourth-order valence-corrected chi connectivity index (χ4v) is 7.42. The number of anilines is 3. The number of aromatic nitrogens is 6.